The first-order valence-corrected chi connectivity index (χ1v) is 9.17. The first-order valence-electron chi connectivity index (χ1n) is 7.06. The van der Waals surface area contributed by atoms with Crippen LogP contribution in [0.3, 0.4) is 0 Å². The van der Waals surface area contributed by atoms with Gasteiger partial charge in [-0.3, -0.25) is 4.98 Å². The van der Waals surface area contributed by atoms with Gasteiger partial charge in [0.25, 0.3) is 0 Å². The second-order valence-corrected chi connectivity index (χ2v) is 8.12. The van der Waals surface area contributed by atoms with Gasteiger partial charge in [0.1, 0.15) is 0 Å². The van der Waals surface area contributed by atoms with Crippen LogP contribution >= 0.6 is 7.29 Å². The zero-order chi connectivity index (χ0) is 14.0. The molecule has 0 spiro atoms. The Morgan fingerprint density at radius 2 is 2.15 bits per heavy atom. The fraction of sp³-hybridized carbons (Fsp3) is 0.400. The summed E-state index contributed by atoms with van der Waals surface area (Å²) in [6, 6.07) is 7.97. The quantitative estimate of drug-likeness (QED) is 0.860. The van der Waals surface area contributed by atoms with Gasteiger partial charge in [-0.1, -0.05) is 12.1 Å². The molecule has 5 heteroatoms. The van der Waals surface area contributed by atoms with Crippen LogP contribution in [0.25, 0.3) is 10.8 Å². The predicted octanol–water partition coefficient (Wildman–Crippen LogP) is 2.06. The third-order valence-corrected chi connectivity index (χ3v) is 6.72. The largest absolute Gasteiger partial charge is 0.315 e. The monoisotopic (exact) mass is 289 g/mol. The highest BCUT2D eigenvalue weighted by Gasteiger charge is 2.29. The summed E-state index contributed by atoms with van der Waals surface area (Å²) in [7, 11) is -2.53. The van der Waals surface area contributed by atoms with Gasteiger partial charge >= 0.3 is 0 Å². The molecule has 1 atom stereocenters. The van der Waals surface area contributed by atoms with E-state index in [1.807, 2.05) is 37.1 Å². The van der Waals surface area contributed by atoms with Gasteiger partial charge in [0, 0.05) is 49.4 Å². The average molecular weight is 289 g/mol. The summed E-state index contributed by atoms with van der Waals surface area (Å²) in [6.07, 6.45) is 4.66. The molecule has 2 heterocycles. The Hall–Kier alpha value is -1.22. The van der Waals surface area contributed by atoms with E-state index in [2.05, 4.69) is 15.0 Å². The highest BCUT2D eigenvalue weighted by Crippen LogP contribution is 2.46. The standard InChI is InChI=1S/C15H20N3OP/c1-20(19,18-10-3-7-16-9-11-18)15-5-2-4-13-12-17-8-6-14(13)15/h2,4-6,8,12,16H,3,7,9-11H2,1H3. The van der Waals surface area contributed by atoms with Crippen molar-refractivity contribution in [1.29, 1.82) is 0 Å². The number of benzene rings is 1. The summed E-state index contributed by atoms with van der Waals surface area (Å²) in [5, 5.41) is 6.44. The molecule has 0 aliphatic carbocycles. The van der Waals surface area contributed by atoms with Gasteiger partial charge in [-0.25, -0.2) is 4.67 Å². The van der Waals surface area contributed by atoms with Gasteiger partial charge in [0.15, 0.2) is 7.29 Å². The van der Waals surface area contributed by atoms with Gasteiger partial charge in [0.2, 0.25) is 0 Å². The van der Waals surface area contributed by atoms with E-state index in [-0.39, 0.29) is 0 Å². The van der Waals surface area contributed by atoms with Crippen molar-refractivity contribution in [2.45, 2.75) is 6.42 Å². The zero-order valence-corrected chi connectivity index (χ0v) is 12.6. The Labute approximate surface area is 119 Å². The van der Waals surface area contributed by atoms with Crippen molar-refractivity contribution in [2.24, 2.45) is 0 Å². The van der Waals surface area contributed by atoms with Gasteiger partial charge in [0.05, 0.1) is 0 Å². The lowest BCUT2D eigenvalue weighted by Gasteiger charge is -2.28. The molecule has 1 unspecified atom stereocenters. The molecule has 1 aliphatic rings. The van der Waals surface area contributed by atoms with E-state index >= 15 is 0 Å². The summed E-state index contributed by atoms with van der Waals surface area (Å²) in [6.45, 7) is 5.55. The molecule has 0 bridgehead atoms. The van der Waals surface area contributed by atoms with Crippen LogP contribution in [-0.2, 0) is 4.57 Å². The minimum atomic E-state index is -2.53. The molecule has 1 N–H and O–H groups in total. The van der Waals surface area contributed by atoms with Crippen LogP contribution in [0.5, 0.6) is 0 Å². The third kappa shape index (κ3) is 2.51. The third-order valence-electron chi connectivity index (χ3n) is 3.96. The number of rotatable bonds is 2. The molecule has 20 heavy (non-hydrogen) atoms. The first-order chi connectivity index (χ1) is 9.69. The van der Waals surface area contributed by atoms with Crippen molar-refractivity contribution in [2.75, 3.05) is 32.8 Å². The van der Waals surface area contributed by atoms with Gasteiger partial charge < -0.3 is 9.88 Å². The molecule has 0 amide bonds. The lowest BCUT2D eigenvalue weighted by Crippen LogP contribution is -2.29. The molecular formula is C15H20N3OP. The average Bonchev–Trinajstić information content (AvgIpc) is 2.76. The topological polar surface area (TPSA) is 45.2 Å². The van der Waals surface area contributed by atoms with Crippen LogP contribution in [0.15, 0.2) is 36.7 Å². The molecule has 2 aromatic rings. The Morgan fingerprint density at radius 3 is 3.05 bits per heavy atom. The highest BCUT2D eigenvalue weighted by molar-refractivity contribution is 7.69. The van der Waals surface area contributed by atoms with E-state index in [0.717, 1.165) is 48.7 Å². The van der Waals surface area contributed by atoms with E-state index in [1.165, 1.54) is 0 Å². The molecule has 1 aliphatic heterocycles. The molecule has 1 fully saturated rings. The molecule has 1 aromatic carbocycles. The van der Waals surface area contributed by atoms with Crippen LogP contribution in [0.4, 0.5) is 0 Å². The van der Waals surface area contributed by atoms with Crippen molar-refractivity contribution in [3.63, 3.8) is 0 Å². The lowest BCUT2D eigenvalue weighted by atomic mass is 10.2. The molecule has 1 aromatic heterocycles. The second kappa shape index (κ2) is 5.65. The number of pyridine rings is 1. The first kappa shape index (κ1) is 13.7. The number of aromatic nitrogens is 1. The maximum atomic E-state index is 13.4. The molecule has 0 saturated carbocycles. The van der Waals surface area contributed by atoms with Crippen LogP contribution in [0, 0.1) is 0 Å². The number of hydrogen-bond acceptors (Lipinski definition) is 3. The minimum absolute atomic E-state index is 0.843. The smallest absolute Gasteiger partial charge is 0.176 e. The Bertz CT molecular complexity index is 645. The predicted molar refractivity (Wildman–Crippen MR) is 84.0 cm³/mol. The molecular weight excluding hydrogens is 269 g/mol. The molecule has 106 valence electrons. The zero-order valence-electron chi connectivity index (χ0n) is 11.7. The summed E-state index contributed by atoms with van der Waals surface area (Å²) in [5.74, 6) is 0. The van der Waals surface area contributed by atoms with Crippen molar-refractivity contribution < 1.29 is 4.57 Å². The van der Waals surface area contributed by atoms with Crippen molar-refractivity contribution in [3.8, 4) is 0 Å². The lowest BCUT2D eigenvalue weighted by molar-refractivity contribution is 0.441. The molecule has 1 saturated heterocycles. The normalized spacial score (nSPS) is 20.4. The van der Waals surface area contributed by atoms with Crippen LogP contribution in [-0.4, -0.2) is 42.5 Å². The van der Waals surface area contributed by atoms with E-state index in [0.29, 0.717) is 0 Å². The maximum absolute atomic E-state index is 13.4. The SMILES string of the molecule is CP(=O)(c1cccc2cnccc12)N1CCCNCC1. The fourth-order valence-corrected chi connectivity index (χ4v) is 5.16. The Morgan fingerprint density at radius 1 is 1.25 bits per heavy atom. The van der Waals surface area contributed by atoms with E-state index < -0.39 is 7.29 Å². The van der Waals surface area contributed by atoms with E-state index in [1.54, 1.807) is 6.20 Å². The summed E-state index contributed by atoms with van der Waals surface area (Å²) >= 11 is 0. The number of hydrogen-bond donors (Lipinski definition) is 1. The van der Waals surface area contributed by atoms with Gasteiger partial charge in [-0.05, 0) is 30.5 Å². The van der Waals surface area contributed by atoms with E-state index in [9.17, 15) is 4.57 Å². The van der Waals surface area contributed by atoms with Crippen LogP contribution in [0.2, 0.25) is 0 Å². The van der Waals surface area contributed by atoms with Gasteiger partial charge in [-0.2, -0.15) is 0 Å². The van der Waals surface area contributed by atoms with Crippen LogP contribution in [0.1, 0.15) is 6.42 Å². The molecule has 4 nitrogen and oxygen atoms in total. The molecule has 0 radical (unpaired) electrons. The number of nitrogens with one attached hydrogen (secondary N) is 1. The summed E-state index contributed by atoms with van der Waals surface area (Å²) in [4.78, 5) is 4.15. The highest BCUT2D eigenvalue weighted by atomic mass is 31.2. The number of nitrogens with zero attached hydrogens (tertiary/aromatic N) is 2. The minimum Gasteiger partial charge on any atom is -0.315 e. The van der Waals surface area contributed by atoms with Crippen molar-refractivity contribution in [1.82, 2.24) is 15.0 Å². The molecule has 3 rings (SSSR count). The second-order valence-electron chi connectivity index (χ2n) is 5.31. The van der Waals surface area contributed by atoms with E-state index in [4.69, 9.17) is 0 Å². The van der Waals surface area contributed by atoms with Crippen LogP contribution < -0.4 is 10.6 Å². The number of fused-ring (bicyclic) bond motifs is 1. The fourth-order valence-electron chi connectivity index (χ4n) is 2.83. The van der Waals surface area contributed by atoms with Crippen molar-refractivity contribution >= 4 is 23.4 Å². The summed E-state index contributed by atoms with van der Waals surface area (Å²) in [5.41, 5.74) is 0. The maximum Gasteiger partial charge on any atom is 0.176 e. The Balaban J connectivity index is 2.06. The Kier molecular flexibility index (Phi) is 3.88. The summed E-state index contributed by atoms with van der Waals surface area (Å²) < 4.78 is 15.6. The van der Waals surface area contributed by atoms with Crippen molar-refractivity contribution in [3.05, 3.63) is 36.7 Å². The van der Waals surface area contributed by atoms with Gasteiger partial charge in [-0.15, -0.1) is 0 Å².